The van der Waals surface area contributed by atoms with E-state index in [0.29, 0.717) is 53.8 Å². The van der Waals surface area contributed by atoms with Gasteiger partial charge in [-0.2, -0.15) is 9.97 Å². The lowest BCUT2D eigenvalue weighted by Gasteiger charge is -2.29. The number of aliphatic hydroxyl groups is 1. The maximum Gasteiger partial charge on any atom is 0.227 e. The molecule has 0 aliphatic rings. The zero-order valence-electron chi connectivity index (χ0n) is 20.5. The van der Waals surface area contributed by atoms with Crippen LogP contribution in [0, 0.1) is 0 Å². The molecule has 0 aliphatic carbocycles. The van der Waals surface area contributed by atoms with Crippen molar-refractivity contribution in [1.29, 1.82) is 0 Å². The highest BCUT2D eigenvalue weighted by Gasteiger charge is 2.26. The van der Waals surface area contributed by atoms with Gasteiger partial charge >= 0.3 is 0 Å². The Morgan fingerprint density at radius 3 is 2.54 bits per heavy atom. The molecule has 0 spiro atoms. The largest absolute Gasteiger partial charge is 0.504 e. The summed E-state index contributed by atoms with van der Waals surface area (Å²) in [6, 6.07) is 15.2. The minimum atomic E-state index is -0.961. The number of methoxy groups -OCH3 is 1. The van der Waals surface area contributed by atoms with Crippen molar-refractivity contribution in [2.24, 2.45) is 0 Å². The first kappa shape index (κ1) is 24.3. The molecule has 0 fully saturated rings. The van der Waals surface area contributed by atoms with Crippen LogP contribution >= 0.6 is 0 Å². The molecule has 184 valence electrons. The topological polar surface area (TPSA) is 117 Å². The third-order valence-corrected chi connectivity index (χ3v) is 5.97. The number of aromatic hydroxyl groups is 1. The Bertz CT molecular complexity index is 1280. The lowest BCUT2D eigenvalue weighted by Crippen LogP contribution is -2.41. The minimum Gasteiger partial charge on any atom is -0.504 e. The second kappa shape index (κ2) is 10.2. The molecule has 0 amide bonds. The van der Waals surface area contributed by atoms with Crippen LogP contribution in [0.25, 0.3) is 11.2 Å². The summed E-state index contributed by atoms with van der Waals surface area (Å²) in [6.07, 6.45) is 2.44. The fourth-order valence-electron chi connectivity index (χ4n) is 4.02. The highest BCUT2D eigenvalue weighted by atomic mass is 16.5. The van der Waals surface area contributed by atoms with Crippen LogP contribution in [-0.2, 0) is 13.1 Å². The zero-order chi connectivity index (χ0) is 25.0. The Labute approximate surface area is 204 Å². The van der Waals surface area contributed by atoms with Crippen molar-refractivity contribution in [1.82, 2.24) is 19.5 Å². The number of rotatable bonds is 10. The molecular formula is C26H32N6O3. The lowest BCUT2D eigenvalue weighted by atomic mass is 9.97. The standard InChI is InChI=1S/C26H32N6O3/c1-5-20(26(2,3)34)29-25-30-23(27-14-18-12-9-13-19(35-4)22(18)33)21-24(31-25)32(16-28-21)15-17-10-7-6-8-11-17/h6-13,16,20,33-34H,5,14-15H2,1-4H3,(H2,27,29,30,31). The zero-order valence-corrected chi connectivity index (χ0v) is 20.5. The van der Waals surface area contributed by atoms with Crippen LogP contribution in [0.15, 0.2) is 54.9 Å². The van der Waals surface area contributed by atoms with E-state index >= 15 is 0 Å². The fraction of sp³-hybridized carbons (Fsp3) is 0.346. The normalized spacial score (nSPS) is 12.5. The van der Waals surface area contributed by atoms with Crippen LogP contribution in [-0.4, -0.2) is 48.5 Å². The first-order chi connectivity index (χ1) is 16.8. The van der Waals surface area contributed by atoms with Crippen molar-refractivity contribution in [3.63, 3.8) is 0 Å². The molecular weight excluding hydrogens is 444 g/mol. The number of nitrogens with one attached hydrogen (secondary N) is 2. The summed E-state index contributed by atoms with van der Waals surface area (Å²) in [5.41, 5.74) is 2.10. The molecule has 2 aromatic carbocycles. The van der Waals surface area contributed by atoms with E-state index in [4.69, 9.17) is 9.72 Å². The summed E-state index contributed by atoms with van der Waals surface area (Å²) >= 11 is 0. The number of ether oxygens (including phenoxy) is 1. The molecule has 0 saturated heterocycles. The van der Waals surface area contributed by atoms with Crippen LogP contribution in [0.3, 0.4) is 0 Å². The van der Waals surface area contributed by atoms with Gasteiger partial charge in [-0.15, -0.1) is 0 Å². The van der Waals surface area contributed by atoms with Crippen molar-refractivity contribution in [3.05, 3.63) is 66.0 Å². The first-order valence-electron chi connectivity index (χ1n) is 11.6. The predicted octanol–water partition coefficient (Wildman–Crippen LogP) is 4.16. The smallest absolute Gasteiger partial charge is 0.227 e. The SMILES string of the molecule is CCC(Nc1nc(NCc2cccc(OC)c2O)c2ncn(Cc3ccccc3)c2n1)C(C)(C)O. The summed E-state index contributed by atoms with van der Waals surface area (Å²) in [6.45, 7) is 6.43. The number of anilines is 2. The van der Waals surface area contributed by atoms with Gasteiger partial charge in [0.05, 0.1) is 31.6 Å². The van der Waals surface area contributed by atoms with Crippen LogP contribution in [0.1, 0.15) is 38.3 Å². The molecule has 0 aliphatic heterocycles. The Kier molecular flexibility index (Phi) is 7.07. The van der Waals surface area contributed by atoms with Crippen LogP contribution in [0.5, 0.6) is 11.5 Å². The van der Waals surface area contributed by atoms with E-state index in [1.165, 1.54) is 7.11 Å². The van der Waals surface area contributed by atoms with Gasteiger partial charge < -0.3 is 30.2 Å². The number of para-hydroxylation sites is 1. The number of fused-ring (bicyclic) bond motifs is 1. The number of imidazole rings is 1. The molecule has 1 atom stereocenters. The van der Waals surface area contributed by atoms with E-state index in [-0.39, 0.29) is 11.8 Å². The van der Waals surface area contributed by atoms with E-state index in [1.807, 2.05) is 41.8 Å². The van der Waals surface area contributed by atoms with Crippen molar-refractivity contribution in [3.8, 4) is 11.5 Å². The molecule has 9 nitrogen and oxygen atoms in total. The van der Waals surface area contributed by atoms with Gasteiger partial charge in [-0.3, -0.25) is 0 Å². The van der Waals surface area contributed by atoms with E-state index in [0.717, 1.165) is 5.56 Å². The predicted molar refractivity (Wildman–Crippen MR) is 137 cm³/mol. The molecule has 0 radical (unpaired) electrons. The number of phenolic OH excluding ortho intramolecular Hbond substituents is 1. The van der Waals surface area contributed by atoms with Crippen molar-refractivity contribution in [2.75, 3.05) is 17.7 Å². The third-order valence-electron chi connectivity index (χ3n) is 5.97. The maximum atomic E-state index is 10.6. The van der Waals surface area contributed by atoms with E-state index < -0.39 is 5.60 Å². The monoisotopic (exact) mass is 476 g/mol. The average Bonchev–Trinajstić information content (AvgIpc) is 3.24. The van der Waals surface area contributed by atoms with Crippen molar-refractivity contribution >= 4 is 22.9 Å². The molecule has 0 bridgehead atoms. The van der Waals surface area contributed by atoms with Gasteiger partial charge in [0.2, 0.25) is 5.95 Å². The first-order valence-corrected chi connectivity index (χ1v) is 11.6. The quantitative estimate of drug-likeness (QED) is 0.270. The summed E-state index contributed by atoms with van der Waals surface area (Å²) in [7, 11) is 1.52. The van der Waals surface area contributed by atoms with Gasteiger partial charge in [-0.25, -0.2) is 4.98 Å². The molecule has 9 heteroatoms. The van der Waals surface area contributed by atoms with Crippen LogP contribution in [0.2, 0.25) is 0 Å². The van der Waals surface area contributed by atoms with Gasteiger partial charge in [0, 0.05) is 12.1 Å². The van der Waals surface area contributed by atoms with Gasteiger partial charge in [0.15, 0.2) is 28.5 Å². The minimum absolute atomic E-state index is 0.0776. The maximum absolute atomic E-state index is 10.6. The summed E-state index contributed by atoms with van der Waals surface area (Å²) < 4.78 is 7.19. The van der Waals surface area contributed by atoms with Gasteiger partial charge in [-0.05, 0) is 31.9 Å². The molecule has 0 saturated carbocycles. The number of nitrogens with zero attached hydrogens (tertiary/aromatic N) is 4. The van der Waals surface area contributed by atoms with Crippen LogP contribution in [0.4, 0.5) is 11.8 Å². The van der Waals surface area contributed by atoms with Crippen molar-refractivity contribution < 1.29 is 14.9 Å². The van der Waals surface area contributed by atoms with Gasteiger partial charge in [0.1, 0.15) is 0 Å². The molecule has 4 aromatic rings. The van der Waals surface area contributed by atoms with Gasteiger partial charge in [-0.1, -0.05) is 49.4 Å². The molecule has 2 heterocycles. The number of aromatic nitrogens is 4. The Balaban J connectivity index is 1.71. The summed E-state index contributed by atoms with van der Waals surface area (Å²) in [5, 5.41) is 27.6. The highest BCUT2D eigenvalue weighted by Crippen LogP contribution is 2.31. The molecule has 35 heavy (non-hydrogen) atoms. The average molecular weight is 477 g/mol. The second-order valence-electron chi connectivity index (χ2n) is 9.01. The highest BCUT2D eigenvalue weighted by molar-refractivity contribution is 5.84. The number of hydrogen-bond donors (Lipinski definition) is 4. The molecule has 2 aromatic heterocycles. The Morgan fingerprint density at radius 2 is 1.86 bits per heavy atom. The third kappa shape index (κ3) is 5.46. The Morgan fingerprint density at radius 1 is 1.09 bits per heavy atom. The lowest BCUT2D eigenvalue weighted by molar-refractivity contribution is 0.0577. The van der Waals surface area contributed by atoms with Gasteiger partial charge in [0.25, 0.3) is 0 Å². The molecule has 4 N–H and O–H groups in total. The number of phenols is 1. The van der Waals surface area contributed by atoms with Crippen molar-refractivity contribution in [2.45, 2.75) is 51.9 Å². The summed E-state index contributed by atoms with van der Waals surface area (Å²) in [4.78, 5) is 14.0. The fourth-order valence-corrected chi connectivity index (χ4v) is 4.02. The number of hydrogen-bond acceptors (Lipinski definition) is 8. The van der Waals surface area contributed by atoms with E-state index in [9.17, 15) is 10.2 Å². The summed E-state index contributed by atoms with van der Waals surface area (Å²) in [5.74, 6) is 1.40. The molecule has 4 rings (SSSR count). The second-order valence-corrected chi connectivity index (χ2v) is 9.01. The van der Waals surface area contributed by atoms with Crippen LogP contribution < -0.4 is 15.4 Å². The molecule has 1 unspecified atom stereocenters. The van der Waals surface area contributed by atoms with E-state index in [2.05, 4.69) is 32.7 Å². The Hall–Kier alpha value is -3.85. The number of benzene rings is 2. The van der Waals surface area contributed by atoms with E-state index in [1.54, 1.807) is 26.2 Å².